The van der Waals surface area contributed by atoms with Gasteiger partial charge in [0.15, 0.2) is 0 Å². The Bertz CT molecular complexity index is 472. The summed E-state index contributed by atoms with van der Waals surface area (Å²) >= 11 is 6.04. The molecule has 1 aromatic carbocycles. The van der Waals surface area contributed by atoms with Crippen LogP contribution in [-0.2, 0) is 0 Å². The number of rotatable bonds is 4. The third-order valence-electron chi connectivity index (χ3n) is 4.64. The van der Waals surface area contributed by atoms with Crippen molar-refractivity contribution in [2.24, 2.45) is 11.8 Å². The van der Waals surface area contributed by atoms with Crippen molar-refractivity contribution in [1.29, 1.82) is 0 Å². The van der Waals surface area contributed by atoms with Crippen LogP contribution in [-0.4, -0.2) is 18.3 Å². The maximum absolute atomic E-state index is 12.3. The van der Waals surface area contributed by atoms with Crippen LogP contribution in [0.3, 0.4) is 0 Å². The SMILES string of the molecule is Cc1cccc(C(=O)NCC2CCCCC2CCl)c1C. The lowest BCUT2D eigenvalue weighted by Gasteiger charge is -2.30. The molecule has 3 heteroatoms. The first kappa shape index (κ1) is 15.4. The predicted molar refractivity (Wildman–Crippen MR) is 84.4 cm³/mol. The Morgan fingerprint density at radius 1 is 1.25 bits per heavy atom. The summed E-state index contributed by atoms with van der Waals surface area (Å²) in [7, 11) is 0. The number of aryl methyl sites for hydroxylation is 1. The van der Waals surface area contributed by atoms with E-state index in [1.165, 1.54) is 25.7 Å². The first-order valence-corrected chi connectivity index (χ1v) is 8.07. The molecule has 20 heavy (non-hydrogen) atoms. The van der Waals surface area contributed by atoms with Gasteiger partial charge in [0, 0.05) is 18.0 Å². The highest BCUT2D eigenvalue weighted by Crippen LogP contribution is 2.30. The largest absolute Gasteiger partial charge is 0.352 e. The fourth-order valence-electron chi connectivity index (χ4n) is 3.07. The molecule has 2 rings (SSSR count). The number of carbonyl (C=O) groups excluding carboxylic acids is 1. The average Bonchev–Trinajstić information content (AvgIpc) is 2.48. The Hall–Kier alpha value is -1.02. The average molecular weight is 294 g/mol. The molecule has 1 amide bonds. The molecular weight excluding hydrogens is 270 g/mol. The summed E-state index contributed by atoms with van der Waals surface area (Å²) in [5.41, 5.74) is 3.03. The van der Waals surface area contributed by atoms with Gasteiger partial charge in [-0.15, -0.1) is 11.6 Å². The number of amides is 1. The van der Waals surface area contributed by atoms with Gasteiger partial charge in [0.25, 0.3) is 5.91 Å². The van der Waals surface area contributed by atoms with Crippen LogP contribution >= 0.6 is 11.6 Å². The molecule has 1 saturated carbocycles. The zero-order valence-electron chi connectivity index (χ0n) is 12.4. The minimum Gasteiger partial charge on any atom is -0.352 e. The van der Waals surface area contributed by atoms with E-state index in [9.17, 15) is 4.79 Å². The maximum Gasteiger partial charge on any atom is 0.251 e. The van der Waals surface area contributed by atoms with Crippen LogP contribution in [0.15, 0.2) is 18.2 Å². The summed E-state index contributed by atoms with van der Waals surface area (Å²) in [6, 6.07) is 5.88. The van der Waals surface area contributed by atoms with E-state index in [4.69, 9.17) is 11.6 Å². The van der Waals surface area contributed by atoms with Crippen LogP contribution in [0.1, 0.15) is 47.2 Å². The van der Waals surface area contributed by atoms with Crippen LogP contribution in [0, 0.1) is 25.7 Å². The van der Waals surface area contributed by atoms with E-state index < -0.39 is 0 Å². The van der Waals surface area contributed by atoms with Crippen molar-refractivity contribution in [1.82, 2.24) is 5.32 Å². The first-order valence-electron chi connectivity index (χ1n) is 7.54. The fraction of sp³-hybridized carbons (Fsp3) is 0.588. The second-order valence-corrected chi connectivity index (χ2v) is 6.23. The lowest BCUT2D eigenvalue weighted by atomic mass is 9.80. The third-order valence-corrected chi connectivity index (χ3v) is 5.04. The molecule has 1 aromatic rings. The summed E-state index contributed by atoms with van der Waals surface area (Å²) in [5, 5.41) is 3.10. The number of nitrogens with one attached hydrogen (secondary N) is 1. The molecule has 1 fully saturated rings. The molecule has 1 aliphatic rings. The van der Waals surface area contributed by atoms with E-state index in [0.717, 1.165) is 23.2 Å². The predicted octanol–water partition coefficient (Wildman–Crippen LogP) is 4.08. The van der Waals surface area contributed by atoms with Crippen LogP contribution in [0.4, 0.5) is 0 Å². The minimum absolute atomic E-state index is 0.0464. The summed E-state index contributed by atoms with van der Waals surface area (Å²) in [6.07, 6.45) is 4.92. The van der Waals surface area contributed by atoms with Crippen molar-refractivity contribution >= 4 is 17.5 Å². The molecule has 0 radical (unpaired) electrons. The van der Waals surface area contributed by atoms with Gasteiger partial charge >= 0.3 is 0 Å². The molecule has 0 bridgehead atoms. The van der Waals surface area contributed by atoms with Crippen molar-refractivity contribution in [3.05, 3.63) is 34.9 Å². The normalized spacial score (nSPS) is 22.6. The van der Waals surface area contributed by atoms with Gasteiger partial charge in [0.2, 0.25) is 0 Å². The van der Waals surface area contributed by atoms with E-state index in [1.54, 1.807) is 0 Å². The minimum atomic E-state index is 0.0464. The van der Waals surface area contributed by atoms with E-state index in [2.05, 4.69) is 5.32 Å². The molecule has 110 valence electrons. The standard InChI is InChI=1S/C17H24ClNO/c1-12-6-5-9-16(13(12)2)17(20)19-11-15-8-4-3-7-14(15)10-18/h5-6,9,14-15H,3-4,7-8,10-11H2,1-2H3,(H,19,20). The van der Waals surface area contributed by atoms with Crippen molar-refractivity contribution in [2.45, 2.75) is 39.5 Å². The van der Waals surface area contributed by atoms with Gasteiger partial charge < -0.3 is 5.32 Å². The highest BCUT2D eigenvalue weighted by molar-refractivity contribution is 6.18. The Kier molecular flexibility index (Phi) is 5.47. The van der Waals surface area contributed by atoms with E-state index in [-0.39, 0.29) is 5.91 Å². The Labute approximate surface area is 126 Å². The lowest BCUT2D eigenvalue weighted by Crippen LogP contribution is -2.35. The summed E-state index contributed by atoms with van der Waals surface area (Å²) in [4.78, 5) is 12.3. The van der Waals surface area contributed by atoms with Crippen LogP contribution < -0.4 is 5.32 Å². The smallest absolute Gasteiger partial charge is 0.251 e. The number of benzene rings is 1. The Morgan fingerprint density at radius 3 is 2.65 bits per heavy atom. The van der Waals surface area contributed by atoms with Gasteiger partial charge in [-0.1, -0.05) is 25.0 Å². The molecule has 1 N–H and O–H groups in total. The Morgan fingerprint density at radius 2 is 1.95 bits per heavy atom. The van der Waals surface area contributed by atoms with Crippen LogP contribution in [0.2, 0.25) is 0 Å². The van der Waals surface area contributed by atoms with Crippen LogP contribution in [0.5, 0.6) is 0 Å². The van der Waals surface area contributed by atoms with Crippen molar-refractivity contribution in [3.8, 4) is 0 Å². The number of hydrogen-bond donors (Lipinski definition) is 1. The quantitative estimate of drug-likeness (QED) is 0.833. The monoisotopic (exact) mass is 293 g/mol. The number of carbonyl (C=O) groups is 1. The van der Waals surface area contributed by atoms with Crippen molar-refractivity contribution < 1.29 is 4.79 Å². The van der Waals surface area contributed by atoms with Gasteiger partial charge in [-0.2, -0.15) is 0 Å². The second kappa shape index (κ2) is 7.12. The van der Waals surface area contributed by atoms with Gasteiger partial charge in [-0.3, -0.25) is 4.79 Å². The van der Waals surface area contributed by atoms with Gasteiger partial charge in [-0.25, -0.2) is 0 Å². The molecule has 2 atom stereocenters. The van der Waals surface area contributed by atoms with Crippen LogP contribution in [0.25, 0.3) is 0 Å². The summed E-state index contributed by atoms with van der Waals surface area (Å²) in [5.74, 6) is 1.86. The van der Waals surface area contributed by atoms with Crippen molar-refractivity contribution in [2.75, 3.05) is 12.4 Å². The topological polar surface area (TPSA) is 29.1 Å². The third kappa shape index (κ3) is 3.54. The Balaban J connectivity index is 1.96. The molecule has 1 aliphatic carbocycles. The molecule has 0 heterocycles. The molecule has 0 saturated heterocycles. The summed E-state index contributed by atoms with van der Waals surface area (Å²) < 4.78 is 0. The van der Waals surface area contributed by atoms with Gasteiger partial charge in [0.1, 0.15) is 0 Å². The van der Waals surface area contributed by atoms with E-state index in [1.807, 2.05) is 32.0 Å². The van der Waals surface area contributed by atoms with E-state index in [0.29, 0.717) is 17.7 Å². The van der Waals surface area contributed by atoms with Crippen molar-refractivity contribution in [3.63, 3.8) is 0 Å². The van der Waals surface area contributed by atoms with Gasteiger partial charge in [-0.05, 0) is 55.7 Å². The second-order valence-electron chi connectivity index (χ2n) is 5.92. The summed E-state index contributed by atoms with van der Waals surface area (Å²) in [6.45, 7) is 4.80. The highest BCUT2D eigenvalue weighted by atomic mass is 35.5. The number of hydrogen-bond acceptors (Lipinski definition) is 1. The molecule has 0 aromatic heterocycles. The number of halogens is 1. The number of alkyl halides is 1. The highest BCUT2D eigenvalue weighted by Gasteiger charge is 2.24. The van der Waals surface area contributed by atoms with Gasteiger partial charge in [0.05, 0.1) is 0 Å². The molecule has 2 unspecified atom stereocenters. The molecule has 0 spiro atoms. The molecule has 0 aliphatic heterocycles. The van der Waals surface area contributed by atoms with E-state index >= 15 is 0 Å². The maximum atomic E-state index is 12.3. The lowest BCUT2D eigenvalue weighted by molar-refractivity contribution is 0.0936. The molecular formula is C17H24ClNO. The fourth-order valence-corrected chi connectivity index (χ4v) is 3.48. The first-order chi connectivity index (χ1) is 9.63. The zero-order valence-corrected chi connectivity index (χ0v) is 13.2. The zero-order chi connectivity index (χ0) is 14.5. The molecule has 2 nitrogen and oxygen atoms in total.